The Labute approximate surface area is 146 Å². The summed E-state index contributed by atoms with van der Waals surface area (Å²) >= 11 is 0. The molecule has 0 spiro atoms. The van der Waals surface area contributed by atoms with Crippen LogP contribution in [0.25, 0.3) is 0 Å². The monoisotopic (exact) mass is 351 g/mol. The van der Waals surface area contributed by atoms with Crippen LogP contribution in [0.2, 0.25) is 0 Å². The van der Waals surface area contributed by atoms with E-state index in [4.69, 9.17) is 5.11 Å². The van der Waals surface area contributed by atoms with Crippen LogP contribution in [-0.2, 0) is 9.59 Å². The lowest BCUT2D eigenvalue weighted by Crippen LogP contribution is -2.46. The second kappa shape index (κ2) is 8.46. The Hall–Kier alpha value is -2.64. The molecule has 4 N–H and O–H groups in total. The SMILES string of the molecule is CC(=O)c1c(C)[nH]c(C(=O)NCC(=O)N[C@@H](CC(C)C)C(=O)O)c1C. The Balaban J connectivity index is 2.70. The predicted octanol–water partition coefficient (Wildman–Crippen LogP) is 1.18. The van der Waals surface area contributed by atoms with Gasteiger partial charge in [-0.25, -0.2) is 4.79 Å². The van der Waals surface area contributed by atoms with Gasteiger partial charge >= 0.3 is 5.97 Å². The molecule has 0 aromatic carbocycles. The van der Waals surface area contributed by atoms with E-state index in [1.54, 1.807) is 13.8 Å². The van der Waals surface area contributed by atoms with Crippen LogP contribution in [-0.4, -0.2) is 46.2 Å². The zero-order chi connectivity index (χ0) is 19.3. The molecule has 1 atom stereocenters. The molecule has 1 rings (SSSR count). The van der Waals surface area contributed by atoms with Crippen LogP contribution in [0, 0.1) is 19.8 Å². The number of carboxylic acid groups (broad SMARTS) is 1. The van der Waals surface area contributed by atoms with Gasteiger partial charge in [-0.1, -0.05) is 13.8 Å². The van der Waals surface area contributed by atoms with Crippen molar-refractivity contribution in [2.45, 2.75) is 47.1 Å². The maximum atomic E-state index is 12.2. The Morgan fingerprint density at radius 2 is 1.76 bits per heavy atom. The number of H-pyrrole nitrogens is 1. The molecular weight excluding hydrogens is 326 g/mol. The fraction of sp³-hybridized carbons (Fsp3) is 0.529. The first-order chi connectivity index (χ1) is 11.5. The summed E-state index contributed by atoms with van der Waals surface area (Å²) in [7, 11) is 0. The first kappa shape index (κ1) is 20.4. The zero-order valence-electron chi connectivity index (χ0n) is 15.1. The number of rotatable bonds is 8. The van der Waals surface area contributed by atoms with Crippen LogP contribution in [0.15, 0.2) is 0 Å². The highest BCUT2D eigenvalue weighted by atomic mass is 16.4. The summed E-state index contributed by atoms with van der Waals surface area (Å²) in [6.45, 7) is 8.11. The third-order valence-electron chi connectivity index (χ3n) is 3.77. The summed E-state index contributed by atoms with van der Waals surface area (Å²) in [5, 5.41) is 13.9. The van der Waals surface area contributed by atoms with Crippen LogP contribution >= 0.6 is 0 Å². The molecule has 0 radical (unpaired) electrons. The smallest absolute Gasteiger partial charge is 0.326 e. The highest BCUT2D eigenvalue weighted by Crippen LogP contribution is 2.18. The number of aromatic amines is 1. The van der Waals surface area contributed by atoms with Crippen LogP contribution in [0.4, 0.5) is 0 Å². The number of nitrogens with one attached hydrogen (secondary N) is 3. The van der Waals surface area contributed by atoms with Crippen molar-refractivity contribution in [3.05, 3.63) is 22.5 Å². The predicted molar refractivity (Wildman–Crippen MR) is 91.6 cm³/mol. The molecule has 8 nitrogen and oxygen atoms in total. The molecule has 0 saturated heterocycles. The van der Waals surface area contributed by atoms with Crippen molar-refractivity contribution in [3.8, 4) is 0 Å². The van der Waals surface area contributed by atoms with E-state index in [1.807, 2.05) is 13.8 Å². The van der Waals surface area contributed by atoms with Gasteiger partial charge in [0.05, 0.1) is 6.54 Å². The number of amides is 2. The van der Waals surface area contributed by atoms with Crippen molar-refractivity contribution in [2.75, 3.05) is 6.54 Å². The van der Waals surface area contributed by atoms with Crippen LogP contribution < -0.4 is 10.6 Å². The van der Waals surface area contributed by atoms with Crippen LogP contribution in [0.5, 0.6) is 0 Å². The third kappa shape index (κ3) is 5.44. The lowest BCUT2D eigenvalue weighted by molar-refractivity contribution is -0.142. The fourth-order valence-electron chi connectivity index (χ4n) is 2.69. The highest BCUT2D eigenvalue weighted by molar-refractivity contribution is 6.03. The summed E-state index contributed by atoms with van der Waals surface area (Å²) in [6, 6.07) is -0.997. The van der Waals surface area contributed by atoms with Crippen LogP contribution in [0.1, 0.15) is 59.3 Å². The molecule has 0 unspecified atom stereocenters. The molecule has 0 aliphatic carbocycles. The van der Waals surface area contributed by atoms with E-state index in [2.05, 4.69) is 15.6 Å². The summed E-state index contributed by atoms with van der Waals surface area (Å²) in [5.41, 5.74) is 1.78. The van der Waals surface area contributed by atoms with E-state index in [0.29, 0.717) is 23.2 Å². The normalized spacial score (nSPS) is 11.9. The van der Waals surface area contributed by atoms with E-state index in [-0.39, 0.29) is 23.9 Å². The molecule has 0 bridgehead atoms. The second-order valence-electron chi connectivity index (χ2n) is 6.45. The number of Topliss-reactive ketones (excluding diaryl/α,β-unsaturated/α-hetero) is 1. The molecule has 0 fully saturated rings. The first-order valence-electron chi connectivity index (χ1n) is 8.05. The van der Waals surface area contributed by atoms with Gasteiger partial charge in [-0.05, 0) is 38.7 Å². The number of hydrogen-bond acceptors (Lipinski definition) is 4. The maximum Gasteiger partial charge on any atom is 0.326 e. The van der Waals surface area contributed by atoms with E-state index in [1.165, 1.54) is 6.92 Å². The van der Waals surface area contributed by atoms with Crippen molar-refractivity contribution in [2.24, 2.45) is 5.92 Å². The number of carbonyl (C=O) groups excluding carboxylic acids is 3. The minimum atomic E-state index is -1.12. The molecule has 1 aromatic heterocycles. The van der Waals surface area contributed by atoms with Gasteiger partial charge in [0, 0.05) is 11.3 Å². The molecule has 2 amide bonds. The molecule has 0 saturated carbocycles. The van der Waals surface area contributed by atoms with Gasteiger partial charge < -0.3 is 20.7 Å². The number of aryl methyl sites for hydroxylation is 1. The van der Waals surface area contributed by atoms with E-state index in [0.717, 1.165) is 0 Å². The van der Waals surface area contributed by atoms with E-state index < -0.39 is 23.8 Å². The van der Waals surface area contributed by atoms with Crippen molar-refractivity contribution in [1.82, 2.24) is 15.6 Å². The summed E-state index contributed by atoms with van der Waals surface area (Å²) < 4.78 is 0. The first-order valence-corrected chi connectivity index (χ1v) is 8.05. The molecule has 138 valence electrons. The van der Waals surface area contributed by atoms with Gasteiger partial charge in [-0.3, -0.25) is 14.4 Å². The Morgan fingerprint density at radius 3 is 2.20 bits per heavy atom. The molecule has 1 aromatic rings. The topological polar surface area (TPSA) is 128 Å². The largest absolute Gasteiger partial charge is 0.480 e. The number of aromatic nitrogens is 1. The standard InChI is InChI=1S/C17H25N3O5/c1-8(2)6-12(17(24)25)20-13(22)7-18-16(23)15-9(3)14(11(5)21)10(4)19-15/h8,12,19H,6-7H2,1-5H3,(H,18,23)(H,20,22)(H,24,25)/t12-/m0/s1. The molecule has 0 aliphatic rings. The minimum absolute atomic E-state index is 0.102. The summed E-state index contributed by atoms with van der Waals surface area (Å²) in [6.07, 6.45) is 0.298. The van der Waals surface area contributed by atoms with Crippen molar-refractivity contribution < 1.29 is 24.3 Å². The van der Waals surface area contributed by atoms with Gasteiger partial charge in [0.15, 0.2) is 5.78 Å². The Morgan fingerprint density at radius 1 is 1.16 bits per heavy atom. The maximum absolute atomic E-state index is 12.2. The lowest BCUT2D eigenvalue weighted by Gasteiger charge is -2.16. The lowest BCUT2D eigenvalue weighted by atomic mass is 10.0. The average molecular weight is 351 g/mol. The van der Waals surface area contributed by atoms with Gasteiger partial charge in [-0.15, -0.1) is 0 Å². The van der Waals surface area contributed by atoms with E-state index >= 15 is 0 Å². The van der Waals surface area contributed by atoms with Crippen LogP contribution in [0.3, 0.4) is 0 Å². The molecule has 25 heavy (non-hydrogen) atoms. The molecule has 0 aliphatic heterocycles. The van der Waals surface area contributed by atoms with Crippen molar-refractivity contribution >= 4 is 23.6 Å². The van der Waals surface area contributed by atoms with Gasteiger partial charge in [0.2, 0.25) is 5.91 Å². The van der Waals surface area contributed by atoms with Gasteiger partial charge in [-0.2, -0.15) is 0 Å². The number of ketones is 1. The Bertz CT molecular complexity index is 691. The van der Waals surface area contributed by atoms with Gasteiger partial charge in [0.1, 0.15) is 11.7 Å². The quantitative estimate of drug-likeness (QED) is 0.523. The number of aliphatic carboxylic acids is 1. The highest BCUT2D eigenvalue weighted by Gasteiger charge is 2.23. The fourth-order valence-corrected chi connectivity index (χ4v) is 2.69. The van der Waals surface area contributed by atoms with Crippen molar-refractivity contribution in [1.29, 1.82) is 0 Å². The number of hydrogen-bond donors (Lipinski definition) is 4. The molecule has 8 heteroatoms. The summed E-state index contributed by atoms with van der Waals surface area (Å²) in [4.78, 5) is 49.7. The van der Waals surface area contributed by atoms with Gasteiger partial charge in [0.25, 0.3) is 5.91 Å². The Kier molecular flexibility index (Phi) is 6.90. The number of carboxylic acids is 1. The average Bonchev–Trinajstić information content (AvgIpc) is 2.78. The minimum Gasteiger partial charge on any atom is -0.480 e. The summed E-state index contributed by atoms with van der Waals surface area (Å²) in [5.74, 6) is -2.28. The molecule has 1 heterocycles. The third-order valence-corrected chi connectivity index (χ3v) is 3.77. The molecular formula is C17H25N3O5. The second-order valence-corrected chi connectivity index (χ2v) is 6.45. The van der Waals surface area contributed by atoms with E-state index in [9.17, 15) is 19.2 Å². The number of carbonyl (C=O) groups is 4. The van der Waals surface area contributed by atoms with Crippen molar-refractivity contribution in [3.63, 3.8) is 0 Å². The zero-order valence-corrected chi connectivity index (χ0v) is 15.1.